The second-order valence-corrected chi connectivity index (χ2v) is 6.44. The van der Waals surface area contributed by atoms with Crippen LogP contribution >= 0.6 is 0 Å². The SMILES string of the molecule is COCc1cc(N2CCCC2c2cc(C)on2)c2cc(F)ccc2n1. The number of hydrogen-bond donors (Lipinski definition) is 0. The summed E-state index contributed by atoms with van der Waals surface area (Å²) in [6.45, 7) is 3.20. The molecule has 1 saturated heterocycles. The molecule has 4 rings (SSSR count). The molecule has 2 aromatic heterocycles. The van der Waals surface area contributed by atoms with E-state index in [1.807, 2.05) is 19.1 Å². The third kappa shape index (κ3) is 2.98. The first-order valence-electron chi connectivity index (χ1n) is 8.43. The van der Waals surface area contributed by atoms with Gasteiger partial charge in [0.25, 0.3) is 0 Å². The highest BCUT2D eigenvalue weighted by atomic mass is 19.1. The van der Waals surface area contributed by atoms with Crippen molar-refractivity contribution < 1.29 is 13.7 Å². The molecule has 1 fully saturated rings. The summed E-state index contributed by atoms with van der Waals surface area (Å²) in [6.07, 6.45) is 2.04. The predicted octanol–water partition coefficient (Wildman–Crippen LogP) is 4.16. The molecule has 0 amide bonds. The van der Waals surface area contributed by atoms with E-state index >= 15 is 0 Å². The minimum atomic E-state index is -0.261. The third-order valence-electron chi connectivity index (χ3n) is 4.64. The largest absolute Gasteiger partial charge is 0.378 e. The number of nitrogens with zero attached hydrogens (tertiary/aromatic N) is 3. The number of rotatable bonds is 4. The molecule has 0 saturated carbocycles. The van der Waals surface area contributed by atoms with Crippen LogP contribution in [0.25, 0.3) is 10.9 Å². The van der Waals surface area contributed by atoms with Crippen LogP contribution in [0.3, 0.4) is 0 Å². The highest BCUT2D eigenvalue weighted by Gasteiger charge is 2.30. The number of aromatic nitrogens is 2. The van der Waals surface area contributed by atoms with Crippen LogP contribution in [0.5, 0.6) is 0 Å². The lowest BCUT2D eigenvalue weighted by molar-refractivity contribution is 0.182. The van der Waals surface area contributed by atoms with Crippen LogP contribution in [0, 0.1) is 12.7 Å². The number of ether oxygens (including phenoxy) is 1. The van der Waals surface area contributed by atoms with Crippen molar-refractivity contribution in [3.63, 3.8) is 0 Å². The van der Waals surface area contributed by atoms with E-state index in [1.165, 1.54) is 6.07 Å². The quantitative estimate of drug-likeness (QED) is 0.713. The summed E-state index contributed by atoms with van der Waals surface area (Å²) in [5.41, 5.74) is 3.50. The van der Waals surface area contributed by atoms with Gasteiger partial charge in [0.05, 0.1) is 23.9 Å². The summed E-state index contributed by atoms with van der Waals surface area (Å²) in [4.78, 5) is 6.87. The van der Waals surface area contributed by atoms with Crippen LogP contribution in [0.1, 0.15) is 36.0 Å². The average Bonchev–Trinajstić information content (AvgIpc) is 3.23. The van der Waals surface area contributed by atoms with Gasteiger partial charge in [-0.15, -0.1) is 0 Å². The number of halogens is 1. The fourth-order valence-electron chi connectivity index (χ4n) is 3.60. The summed E-state index contributed by atoms with van der Waals surface area (Å²) in [7, 11) is 1.65. The molecule has 3 aromatic rings. The number of hydrogen-bond acceptors (Lipinski definition) is 5. The Morgan fingerprint density at radius 2 is 2.20 bits per heavy atom. The van der Waals surface area contributed by atoms with E-state index in [0.717, 1.165) is 53.1 Å². The molecule has 1 aliphatic heterocycles. The fraction of sp³-hybridized carbons (Fsp3) is 0.368. The molecule has 0 N–H and O–H groups in total. The van der Waals surface area contributed by atoms with Gasteiger partial charge in [-0.1, -0.05) is 5.16 Å². The Hall–Kier alpha value is -2.47. The van der Waals surface area contributed by atoms with Crippen molar-refractivity contribution in [2.45, 2.75) is 32.4 Å². The molecule has 25 heavy (non-hydrogen) atoms. The number of pyridine rings is 1. The lowest BCUT2D eigenvalue weighted by Gasteiger charge is -2.27. The number of methoxy groups -OCH3 is 1. The first-order valence-corrected chi connectivity index (χ1v) is 8.43. The van der Waals surface area contributed by atoms with E-state index < -0.39 is 0 Å². The summed E-state index contributed by atoms with van der Waals surface area (Å²) in [5, 5.41) is 5.01. The monoisotopic (exact) mass is 341 g/mol. The number of fused-ring (bicyclic) bond motifs is 1. The van der Waals surface area contributed by atoms with Gasteiger partial charge in [-0.05, 0) is 44.0 Å². The van der Waals surface area contributed by atoms with Crippen molar-refractivity contribution in [2.75, 3.05) is 18.6 Å². The van der Waals surface area contributed by atoms with Crippen molar-refractivity contribution in [2.24, 2.45) is 0 Å². The maximum absolute atomic E-state index is 13.9. The molecule has 0 aliphatic carbocycles. The van der Waals surface area contributed by atoms with Crippen LogP contribution in [0.4, 0.5) is 10.1 Å². The van der Waals surface area contributed by atoms with Crippen molar-refractivity contribution in [3.05, 3.63) is 53.3 Å². The standard InChI is InChI=1S/C19H20FN3O2/c1-12-8-17(22-25-12)18-4-3-7-23(18)19-10-14(11-24-2)21-16-6-5-13(20)9-15(16)19/h5-6,8-10,18H,3-4,7,11H2,1-2H3. The van der Waals surface area contributed by atoms with Gasteiger partial charge < -0.3 is 14.2 Å². The molecule has 0 radical (unpaired) electrons. The second-order valence-electron chi connectivity index (χ2n) is 6.44. The molecule has 0 bridgehead atoms. The van der Waals surface area contributed by atoms with E-state index in [2.05, 4.69) is 15.0 Å². The lowest BCUT2D eigenvalue weighted by Crippen LogP contribution is -2.23. The number of aryl methyl sites for hydroxylation is 1. The summed E-state index contributed by atoms with van der Waals surface area (Å²) in [6, 6.07) is 8.82. The average molecular weight is 341 g/mol. The van der Waals surface area contributed by atoms with Gasteiger partial charge >= 0.3 is 0 Å². The Morgan fingerprint density at radius 1 is 1.32 bits per heavy atom. The zero-order valence-corrected chi connectivity index (χ0v) is 14.3. The van der Waals surface area contributed by atoms with Crippen molar-refractivity contribution in [1.29, 1.82) is 0 Å². The lowest BCUT2D eigenvalue weighted by atomic mass is 10.1. The van der Waals surface area contributed by atoms with Gasteiger partial charge in [0.1, 0.15) is 17.3 Å². The summed E-state index contributed by atoms with van der Waals surface area (Å²) >= 11 is 0. The highest BCUT2D eigenvalue weighted by molar-refractivity contribution is 5.92. The Bertz CT molecular complexity index is 909. The Balaban J connectivity index is 1.84. The van der Waals surface area contributed by atoms with Gasteiger partial charge in [-0.25, -0.2) is 4.39 Å². The first kappa shape index (κ1) is 16.0. The first-order chi connectivity index (χ1) is 12.2. The number of anilines is 1. The van der Waals surface area contributed by atoms with E-state index in [9.17, 15) is 4.39 Å². The smallest absolute Gasteiger partial charge is 0.134 e. The topological polar surface area (TPSA) is 51.4 Å². The Morgan fingerprint density at radius 3 is 2.96 bits per heavy atom. The van der Waals surface area contributed by atoms with Crippen LogP contribution in [-0.4, -0.2) is 23.8 Å². The van der Waals surface area contributed by atoms with E-state index in [-0.39, 0.29) is 11.9 Å². The van der Waals surface area contributed by atoms with Crippen LogP contribution in [0.2, 0.25) is 0 Å². The van der Waals surface area contributed by atoms with Gasteiger partial charge in [0.2, 0.25) is 0 Å². The highest BCUT2D eigenvalue weighted by Crippen LogP contribution is 2.39. The molecule has 1 atom stereocenters. The van der Waals surface area contributed by atoms with Crippen molar-refractivity contribution in [3.8, 4) is 0 Å². The Labute approximate surface area is 145 Å². The minimum absolute atomic E-state index is 0.127. The van der Waals surface area contributed by atoms with E-state index in [4.69, 9.17) is 9.26 Å². The van der Waals surface area contributed by atoms with Gasteiger partial charge in [-0.3, -0.25) is 4.98 Å². The van der Waals surface area contributed by atoms with Crippen LogP contribution < -0.4 is 4.90 Å². The van der Waals surface area contributed by atoms with Gasteiger partial charge in [0.15, 0.2) is 0 Å². The minimum Gasteiger partial charge on any atom is -0.378 e. The van der Waals surface area contributed by atoms with Gasteiger partial charge in [-0.2, -0.15) is 0 Å². The molecule has 1 aromatic carbocycles. The van der Waals surface area contributed by atoms with Crippen molar-refractivity contribution in [1.82, 2.24) is 10.1 Å². The second kappa shape index (κ2) is 6.44. The zero-order chi connectivity index (χ0) is 17.4. The van der Waals surface area contributed by atoms with Crippen LogP contribution in [-0.2, 0) is 11.3 Å². The molecule has 0 spiro atoms. The molecular weight excluding hydrogens is 321 g/mol. The Kier molecular flexibility index (Phi) is 4.13. The molecule has 1 unspecified atom stereocenters. The van der Waals surface area contributed by atoms with Crippen LogP contribution in [0.15, 0.2) is 34.9 Å². The molecule has 6 heteroatoms. The van der Waals surface area contributed by atoms with E-state index in [0.29, 0.717) is 6.61 Å². The normalized spacial score (nSPS) is 17.6. The zero-order valence-electron chi connectivity index (χ0n) is 14.3. The molecule has 1 aliphatic rings. The third-order valence-corrected chi connectivity index (χ3v) is 4.64. The maximum Gasteiger partial charge on any atom is 0.134 e. The van der Waals surface area contributed by atoms with Gasteiger partial charge in [0, 0.05) is 30.8 Å². The molecule has 3 heterocycles. The summed E-state index contributed by atoms with van der Waals surface area (Å²) in [5.74, 6) is 0.538. The predicted molar refractivity (Wildman–Crippen MR) is 93.0 cm³/mol. The van der Waals surface area contributed by atoms with Crippen molar-refractivity contribution >= 4 is 16.6 Å². The maximum atomic E-state index is 13.9. The molecule has 130 valence electrons. The molecule has 5 nitrogen and oxygen atoms in total. The molecular formula is C19H20FN3O2. The fourth-order valence-corrected chi connectivity index (χ4v) is 3.60. The number of benzene rings is 1. The van der Waals surface area contributed by atoms with E-state index in [1.54, 1.807) is 19.2 Å². The summed E-state index contributed by atoms with van der Waals surface area (Å²) < 4.78 is 24.4.